The molecule has 1 saturated heterocycles. The van der Waals surface area contributed by atoms with E-state index in [4.69, 9.17) is 4.74 Å². The van der Waals surface area contributed by atoms with Gasteiger partial charge < -0.3 is 4.74 Å². The number of nitrogens with zero attached hydrogens (tertiary/aromatic N) is 1. The number of halogens is 1. The Labute approximate surface area is 110 Å². The fourth-order valence-electron chi connectivity index (χ4n) is 1.87. The number of morpholine rings is 1. The highest BCUT2D eigenvalue weighted by molar-refractivity contribution is 5.85. The highest BCUT2D eigenvalue weighted by Gasteiger charge is 2.08. The molecule has 1 aliphatic heterocycles. The Bertz CT molecular complexity index is 344. The van der Waals surface area contributed by atoms with Gasteiger partial charge in [-0.2, -0.15) is 0 Å². The van der Waals surface area contributed by atoms with E-state index in [1.807, 2.05) is 0 Å². The second-order valence-corrected chi connectivity index (χ2v) is 4.17. The van der Waals surface area contributed by atoms with E-state index >= 15 is 0 Å². The Morgan fingerprint density at radius 1 is 1.24 bits per heavy atom. The summed E-state index contributed by atoms with van der Waals surface area (Å²) in [5.41, 5.74) is 2.67. The van der Waals surface area contributed by atoms with E-state index in [1.54, 1.807) is 0 Å². The zero-order valence-corrected chi connectivity index (χ0v) is 11.1. The first kappa shape index (κ1) is 14.2. The van der Waals surface area contributed by atoms with Gasteiger partial charge in [-0.1, -0.05) is 36.4 Å². The van der Waals surface area contributed by atoms with Gasteiger partial charge in [-0.05, 0) is 18.1 Å². The maximum Gasteiger partial charge on any atom is 0.0594 e. The van der Waals surface area contributed by atoms with Crippen molar-refractivity contribution in [1.29, 1.82) is 0 Å². The van der Waals surface area contributed by atoms with Crippen molar-refractivity contribution in [1.82, 2.24) is 4.90 Å². The Kier molecular flexibility index (Phi) is 6.27. The molecule has 0 N–H and O–H groups in total. The molecule has 2 nitrogen and oxygen atoms in total. The SMILES string of the molecule is C/C(=C\CN1CCOCC1)c1ccccc1.Cl. The van der Waals surface area contributed by atoms with E-state index in [9.17, 15) is 0 Å². The van der Waals surface area contributed by atoms with Crippen molar-refractivity contribution in [3.63, 3.8) is 0 Å². The second-order valence-electron chi connectivity index (χ2n) is 4.17. The Morgan fingerprint density at radius 3 is 2.53 bits per heavy atom. The summed E-state index contributed by atoms with van der Waals surface area (Å²) in [7, 11) is 0. The third-order valence-electron chi connectivity index (χ3n) is 2.99. The minimum absolute atomic E-state index is 0. The van der Waals surface area contributed by atoms with Crippen LogP contribution in [0.3, 0.4) is 0 Å². The quantitative estimate of drug-likeness (QED) is 0.822. The molecule has 2 rings (SSSR count). The molecule has 1 fully saturated rings. The highest BCUT2D eigenvalue weighted by atomic mass is 35.5. The summed E-state index contributed by atoms with van der Waals surface area (Å²) < 4.78 is 5.33. The zero-order valence-electron chi connectivity index (χ0n) is 10.3. The van der Waals surface area contributed by atoms with Crippen molar-refractivity contribution in [2.24, 2.45) is 0 Å². The van der Waals surface area contributed by atoms with Crippen LogP contribution >= 0.6 is 12.4 Å². The summed E-state index contributed by atoms with van der Waals surface area (Å²) in [6.45, 7) is 7.06. The number of hydrogen-bond donors (Lipinski definition) is 0. The van der Waals surface area contributed by atoms with Crippen LogP contribution in [0.25, 0.3) is 5.57 Å². The summed E-state index contributed by atoms with van der Waals surface area (Å²) in [5, 5.41) is 0. The molecule has 0 unspecified atom stereocenters. The van der Waals surface area contributed by atoms with Gasteiger partial charge in [0.05, 0.1) is 13.2 Å². The third-order valence-corrected chi connectivity index (χ3v) is 2.99. The molecule has 0 radical (unpaired) electrons. The molecule has 0 atom stereocenters. The van der Waals surface area contributed by atoms with Crippen LogP contribution in [-0.4, -0.2) is 37.7 Å². The normalized spacial score (nSPS) is 17.6. The fraction of sp³-hybridized carbons (Fsp3) is 0.429. The van der Waals surface area contributed by atoms with Gasteiger partial charge in [-0.25, -0.2) is 0 Å². The van der Waals surface area contributed by atoms with Gasteiger partial charge in [0.2, 0.25) is 0 Å². The Balaban J connectivity index is 0.00000144. The number of hydrogen-bond acceptors (Lipinski definition) is 2. The molecule has 1 aromatic rings. The van der Waals surface area contributed by atoms with Gasteiger partial charge in [0.15, 0.2) is 0 Å². The van der Waals surface area contributed by atoms with E-state index in [0.29, 0.717) is 0 Å². The summed E-state index contributed by atoms with van der Waals surface area (Å²) in [5.74, 6) is 0. The number of rotatable bonds is 3. The Morgan fingerprint density at radius 2 is 1.88 bits per heavy atom. The molecule has 1 aliphatic rings. The largest absolute Gasteiger partial charge is 0.379 e. The van der Waals surface area contributed by atoms with Crippen LogP contribution in [0.1, 0.15) is 12.5 Å². The van der Waals surface area contributed by atoms with Gasteiger partial charge >= 0.3 is 0 Å². The molecule has 0 saturated carbocycles. The lowest BCUT2D eigenvalue weighted by molar-refractivity contribution is 0.0435. The lowest BCUT2D eigenvalue weighted by atomic mass is 10.1. The molecule has 17 heavy (non-hydrogen) atoms. The number of benzene rings is 1. The average molecular weight is 254 g/mol. The molecule has 0 aromatic heterocycles. The summed E-state index contributed by atoms with van der Waals surface area (Å²) in [6, 6.07) is 10.5. The first-order valence-corrected chi connectivity index (χ1v) is 5.88. The molecular formula is C14H20ClNO. The maximum absolute atomic E-state index is 5.33. The lowest BCUT2D eigenvalue weighted by Gasteiger charge is -2.25. The topological polar surface area (TPSA) is 12.5 Å². The predicted molar refractivity (Wildman–Crippen MR) is 74.6 cm³/mol. The van der Waals surface area contributed by atoms with Crippen LogP contribution in [0.4, 0.5) is 0 Å². The molecule has 1 aromatic carbocycles. The molecular weight excluding hydrogens is 234 g/mol. The monoisotopic (exact) mass is 253 g/mol. The van der Waals surface area contributed by atoms with E-state index in [0.717, 1.165) is 32.8 Å². The number of allylic oxidation sites excluding steroid dienone is 1. The molecule has 0 spiro atoms. The van der Waals surface area contributed by atoms with Crippen molar-refractivity contribution >= 4 is 18.0 Å². The van der Waals surface area contributed by atoms with Crippen LogP contribution in [-0.2, 0) is 4.74 Å². The molecule has 1 heterocycles. The van der Waals surface area contributed by atoms with Crippen molar-refractivity contribution in [2.75, 3.05) is 32.8 Å². The zero-order chi connectivity index (χ0) is 11.2. The molecule has 3 heteroatoms. The maximum atomic E-state index is 5.33. The van der Waals surface area contributed by atoms with Crippen molar-refractivity contribution in [3.05, 3.63) is 42.0 Å². The van der Waals surface area contributed by atoms with Crippen molar-refractivity contribution in [3.8, 4) is 0 Å². The second kappa shape index (κ2) is 7.49. The first-order chi connectivity index (χ1) is 7.86. The first-order valence-electron chi connectivity index (χ1n) is 5.88. The summed E-state index contributed by atoms with van der Waals surface area (Å²) in [6.07, 6.45) is 2.31. The minimum Gasteiger partial charge on any atom is -0.379 e. The smallest absolute Gasteiger partial charge is 0.0594 e. The van der Waals surface area contributed by atoms with Gasteiger partial charge in [0.25, 0.3) is 0 Å². The van der Waals surface area contributed by atoms with Crippen LogP contribution in [0.2, 0.25) is 0 Å². The lowest BCUT2D eigenvalue weighted by Crippen LogP contribution is -2.36. The van der Waals surface area contributed by atoms with Gasteiger partial charge in [-0.15, -0.1) is 12.4 Å². The Hall–Kier alpha value is -0.830. The fourth-order valence-corrected chi connectivity index (χ4v) is 1.87. The summed E-state index contributed by atoms with van der Waals surface area (Å²) >= 11 is 0. The molecule has 0 bridgehead atoms. The van der Waals surface area contributed by atoms with Crippen LogP contribution in [0, 0.1) is 0 Å². The standard InChI is InChI=1S/C14H19NO.ClH/c1-13(14-5-3-2-4-6-14)7-8-15-9-11-16-12-10-15;/h2-7H,8-12H2,1H3;1H/b13-7+;. The predicted octanol–water partition coefficient (Wildman–Crippen LogP) is 2.84. The van der Waals surface area contributed by atoms with Crippen molar-refractivity contribution < 1.29 is 4.74 Å². The number of ether oxygens (including phenoxy) is 1. The van der Waals surface area contributed by atoms with Crippen LogP contribution in [0.15, 0.2) is 36.4 Å². The minimum atomic E-state index is 0. The average Bonchev–Trinajstić information content (AvgIpc) is 2.38. The van der Waals surface area contributed by atoms with Gasteiger partial charge in [0, 0.05) is 19.6 Å². The van der Waals surface area contributed by atoms with E-state index in [2.05, 4.69) is 48.2 Å². The summed E-state index contributed by atoms with van der Waals surface area (Å²) in [4.78, 5) is 2.43. The van der Waals surface area contributed by atoms with Crippen LogP contribution < -0.4 is 0 Å². The molecule has 0 amide bonds. The van der Waals surface area contributed by atoms with Gasteiger partial charge in [-0.3, -0.25) is 4.90 Å². The van der Waals surface area contributed by atoms with Gasteiger partial charge in [0.1, 0.15) is 0 Å². The van der Waals surface area contributed by atoms with E-state index < -0.39 is 0 Å². The van der Waals surface area contributed by atoms with E-state index in [1.165, 1.54) is 11.1 Å². The van der Waals surface area contributed by atoms with Crippen molar-refractivity contribution in [2.45, 2.75) is 6.92 Å². The molecule has 0 aliphatic carbocycles. The van der Waals surface area contributed by atoms with E-state index in [-0.39, 0.29) is 12.4 Å². The molecule has 94 valence electrons. The third kappa shape index (κ3) is 4.50. The highest BCUT2D eigenvalue weighted by Crippen LogP contribution is 2.12. The van der Waals surface area contributed by atoms with Crippen LogP contribution in [0.5, 0.6) is 0 Å².